The van der Waals surface area contributed by atoms with Crippen molar-refractivity contribution in [3.63, 3.8) is 0 Å². The molecule has 1 unspecified atom stereocenters. The number of hydrogen-bond acceptors (Lipinski definition) is 6. The average molecular weight is 330 g/mol. The maximum Gasteiger partial charge on any atom is 0.255 e. The second kappa shape index (κ2) is 7.89. The largest absolute Gasteiger partial charge is 0.481 e. The number of rotatable bonds is 6. The van der Waals surface area contributed by atoms with E-state index in [1.807, 2.05) is 4.90 Å². The van der Waals surface area contributed by atoms with Gasteiger partial charge in [-0.2, -0.15) is 9.97 Å². The third kappa shape index (κ3) is 4.64. The quantitative estimate of drug-likeness (QED) is 0.841. The van der Waals surface area contributed by atoms with Crippen molar-refractivity contribution in [1.29, 1.82) is 0 Å². The fourth-order valence-corrected chi connectivity index (χ4v) is 2.44. The summed E-state index contributed by atoms with van der Waals surface area (Å²) < 4.78 is 34.6. The number of amides is 1. The van der Waals surface area contributed by atoms with Crippen LogP contribution in [0.1, 0.15) is 12.8 Å². The van der Waals surface area contributed by atoms with Gasteiger partial charge in [-0.1, -0.05) is 0 Å². The van der Waals surface area contributed by atoms with E-state index >= 15 is 0 Å². The molecule has 1 atom stereocenters. The van der Waals surface area contributed by atoms with Crippen molar-refractivity contribution in [2.24, 2.45) is 5.92 Å². The van der Waals surface area contributed by atoms with Crippen molar-refractivity contribution in [2.75, 3.05) is 38.8 Å². The Hall–Kier alpha value is -2.19. The second-order valence-corrected chi connectivity index (χ2v) is 5.17. The van der Waals surface area contributed by atoms with Gasteiger partial charge >= 0.3 is 0 Å². The van der Waals surface area contributed by atoms with Crippen LogP contribution >= 0.6 is 0 Å². The minimum atomic E-state index is -2.55. The van der Waals surface area contributed by atoms with E-state index in [9.17, 15) is 13.6 Å². The van der Waals surface area contributed by atoms with Crippen LogP contribution in [0, 0.1) is 5.92 Å². The number of alkyl halides is 2. The monoisotopic (exact) mass is 330 g/mol. The van der Waals surface area contributed by atoms with Gasteiger partial charge in [-0.05, 0) is 12.8 Å². The van der Waals surface area contributed by atoms with Gasteiger partial charge in [-0.25, -0.2) is 8.78 Å². The van der Waals surface area contributed by atoms with Crippen LogP contribution in [0.4, 0.5) is 14.7 Å². The summed E-state index contributed by atoms with van der Waals surface area (Å²) in [4.78, 5) is 22.3. The summed E-state index contributed by atoms with van der Waals surface area (Å²) in [5.41, 5.74) is 0. The first-order valence-corrected chi connectivity index (χ1v) is 7.31. The van der Waals surface area contributed by atoms with Crippen LogP contribution in [0.2, 0.25) is 0 Å². The molecule has 1 saturated heterocycles. The van der Waals surface area contributed by atoms with E-state index < -0.39 is 13.0 Å². The molecule has 1 N–H and O–H groups in total. The van der Waals surface area contributed by atoms with Crippen molar-refractivity contribution in [3.8, 4) is 11.8 Å². The van der Waals surface area contributed by atoms with Crippen LogP contribution in [0.5, 0.6) is 11.8 Å². The van der Waals surface area contributed by atoms with Crippen LogP contribution in [0.3, 0.4) is 0 Å². The number of aromatic nitrogens is 2. The SMILES string of the molecule is COc1cc(OC)nc(N2CCCC(C(=O)NCC(F)F)C2)n1. The third-order valence-electron chi connectivity index (χ3n) is 3.59. The van der Waals surface area contributed by atoms with E-state index in [1.165, 1.54) is 14.2 Å². The Labute approximate surface area is 133 Å². The highest BCUT2D eigenvalue weighted by molar-refractivity contribution is 5.79. The minimum absolute atomic E-state index is 0.358. The summed E-state index contributed by atoms with van der Waals surface area (Å²) in [6.07, 6.45) is -1.16. The first kappa shape index (κ1) is 17.2. The Bertz CT molecular complexity index is 523. The lowest BCUT2D eigenvalue weighted by atomic mass is 9.97. The number of carbonyl (C=O) groups excluding carboxylic acids is 1. The van der Waals surface area contributed by atoms with Crippen LogP contribution in [-0.4, -0.2) is 56.2 Å². The number of halogens is 2. The molecule has 1 aromatic rings. The van der Waals surface area contributed by atoms with Gasteiger partial charge in [0.15, 0.2) is 0 Å². The van der Waals surface area contributed by atoms with Gasteiger partial charge in [0.1, 0.15) is 0 Å². The zero-order valence-electron chi connectivity index (χ0n) is 13.1. The van der Waals surface area contributed by atoms with Crippen LogP contribution in [0.25, 0.3) is 0 Å². The molecule has 0 radical (unpaired) electrons. The molecular weight excluding hydrogens is 310 g/mol. The van der Waals surface area contributed by atoms with E-state index in [0.717, 1.165) is 6.42 Å². The minimum Gasteiger partial charge on any atom is -0.481 e. The van der Waals surface area contributed by atoms with Crippen LogP contribution in [-0.2, 0) is 4.79 Å². The maximum absolute atomic E-state index is 12.2. The number of methoxy groups -OCH3 is 2. The van der Waals surface area contributed by atoms with Crippen LogP contribution < -0.4 is 19.7 Å². The Morgan fingerprint density at radius 3 is 2.61 bits per heavy atom. The van der Waals surface area contributed by atoms with Crippen molar-refractivity contribution < 1.29 is 23.0 Å². The van der Waals surface area contributed by atoms with E-state index in [4.69, 9.17) is 9.47 Å². The number of anilines is 1. The highest BCUT2D eigenvalue weighted by atomic mass is 19.3. The molecule has 23 heavy (non-hydrogen) atoms. The maximum atomic E-state index is 12.2. The zero-order chi connectivity index (χ0) is 16.8. The summed E-state index contributed by atoms with van der Waals surface area (Å²) in [5, 5.41) is 2.26. The van der Waals surface area contributed by atoms with Gasteiger partial charge in [0.2, 0.25) is 23.6 Å². The molecule has 0 bridgehead atoms. The fraction of sp³-hybridized carbons (Fsp3) is 0.643. The molecule has 2 heterocycles. The molecule has 1 aliphatic heterocycles. The van der Waals surface area contributed by atoms with E-state index in [2.05, 4.69) is 15.3 Å². The van der Waals surface area contributed by atoms with Gasteiger partial charge < -0.3 is 19.7 Å². The highest BCUT2D eigenvalue weighted by Gasteiger charge is 2.28. The van der Waals surface area contributed by atoms with Crippen molar-refractivity contribution in [2.45, 2.75) is 19.3 Å². The molecule has 1 amide bonds. The third-order valence-corrected chi connectivity index (χ3v) is 3.59. The van der Waals surface area contributed by atoms with Gasteiger partial charge in [-0.15, -0.1) is 0 Å². The molecule has 0 spiro atoms. The lowest BCUT2D eigenvalue weighted by Gasteiger charge is -2.32. The summed E-state index contributed by atoms with van der Waals surface area (Å²) in [7, 11) is 2.98. The molecule has 0 saturated carbocycles. The lowest BCUT2D eigenvalue weighted by molar-refractivity contribution is -0.125. The Balaban J connectivity index is 2.07. The van der Waals surface area contributed by atoms with Crippen molar-refractivity contribution in [3.05, 3.63) is 6.07 Å². The zero-order valence-corrected chi connectivity index (χ0v) is 13.1. The number of nitrogens with zero attached hydrogens (tertiary/aromatic N) is 3. The molecule has 9 heteroatoms. The second-order valence-electron chi connectivity index (χ2n) is 5.17. The average Bonchev–Trinajstić information content (AvgIpc) is 2.59. The fourth-order valence-electron chi connectivity index (χ4n) is 2.44. The van der Waals surface area contributed by atoms with Crippen LogP contribution in [0.15, 0.2) is 6.07 Å². The molecule has 2 rings (SSSR count). The van der Waals surface area contributed by atoms with Gasteiger partial charge in [-0.3, -0.25) is 4.79 Å². The normalized spacial score (nSPS) is 18.0. The van der Waals surface area contributed by atoms with Gasteiger partial charge in [0, 0.05) is 13.1 Å². The van der Waals surface area contributed by atoms with Crippen molar-refractivity contribution in [1.82, 2.24) is 15.3 Å². The van der Waals surface area contributed by atoms with E-state index in [0.29, 0.717) is 37.2 Å². The Morgan fingerprint density at radius 1 is 1.39 bits per heavy atom. The molecule has 1 aromatic heterocycles. The molecule has 1 fully saturated rings. The highest BCUT2D eigenvalue weighted by Crippen LogP contribution is 2.25. The summed E-state index contributed by atoms with van der Waals surface area (Å²) in [5.74, 6) is 0.368. The summed E-state index contributed by atoms with van der Waals surface area (Å²) in [6, 6.07) is 1.56. The van der Waals surface area contributed by atoms with Crippen molar-refractivity contribution >= 4 is 11.9 Å². The standard InChI is InChI=1S/C14H20F2N4O3/c1-22-11-6-12(23-2)19-14(18-11)20-5-3-4-9(8-20)13(21)17-7-10(15)16/h6,9-10H,3-5,7-8H2,1-2H3,(H,17,21). The molecule has 1 aliphatic rings. The summed E-state index contributed by atoms with van der Waals surface area (Å²) in [6.45, 7) is 0.416. The first-order chi connectivity index (χ1) is 11.0. The smallest absolute Gasteiger partial charge is 0.255 e. The summed E-state index contributed by atoms with van der Waals surface area (Å²) >= 11 is 0. The van der Waals surface area contributed by atoms with Gasteiger partial charge in [0.05, 0.1) is 32.7 Å². The molecule has 0 aliphatic carbocycles. The topological polar surface area (TPSA) is 76.6 Å². The number of carbonyl (C=O) groups is 1. The molecule has 128 valence electrons. The van der Waals surface area contributed by atoms with E-state index in [-0.39, 0.29) is 11.8 Å². The predicted octanol–water partition coefficient (Wildman–Crippen LogP) is 1.09. The Morgan fingerprint density at radius 2 is 2.04 bits per heavy atom. The molecule has 7 nitrogen and oxygen atoms in total. The Kier molecular flexibility index (Phi) is 5.89. The van der Waals surface area contributed by atoms with Gasteiger partial charge in [0.25, 0.3) is 6.43 Å². The number of ether oxygens (including phenoxy) is 2. The molecular formula is C14H20F2N4O3. The predicted molar refractivity (Wildman–Crippen MR) is 79.1 cm³/mol. The lowest BCUT2D eigenvalue weighted by Crippen LogP contribution is -2.44. The number of piperidine rings is 1. The van der Waals surface area contributed by atoms with E-state index in [1.54, 1.807) is 6.07 Å². The molecule has 0 aromatic carbocycles. The first-order valence-electron chi connectivity index (χ1n) is 7.31. The number of hydrogen-bond donors (Lipinski definition) is 1. The number of nitrogens with one attached hydrogen (secondary N) is 1.